The average molecular weight is 498 g/mol. The van der Waals surface area contributed by atoms with E-state index in [0.29, 0.717) is 23.6 Å². The predicted molar refractivity (Wildman–Crippen MR) is 129 cm³/mol. The van der Waals surface area contributed by atoms with Crippen LogP contribution in [0.25, 0.3) is 0 Å². The molecule has 0 unspecified atom stereocenters. The molecule has 2 amide bonds. The summed E-state index contributed by atoms with van der Waals surface area (Å²) in [6, 6.07) is 12.4. The van der Waals surface area contributed by atoms with Crippen molar-refractivity contribution >= 4 is 23.3 Å². The molecule has 188 valence electrons. The van der Waals surface area contributed by atoms with E-state index in [1.807, 2.05) is 0 Å². The molecule has 0 atom stereocenters. The van der Waals surface area contributed by atoms with Crippen LogP contribution in [0.3, 0.4) is 0 Å². The maximum atomic E-state index is 12.5. The third-order valence-electron chi connectivity index (χ3n) is 6.02. The Morgan fingerprint density at radius 3 is 2.25 bits per heavy atom. The number of carbonyl (C=O) groups excluding carboxylic acids is 2. The highest BCUT2D eigenvalue weighted by molar-refractivity contribution is 6.39. The molecule has 4 N–H and O–H groups in total. The molecular formula is C26H26F3N5O2. The first-order valence-electron chi connectivity index (χ1n) is 11.6. The number of pyridine rings is 2. The maximum Gasteiger partial charge on any atom is 0.417 e. The minimum atomic E-state index is -4.49. The molecule has 36 heavy (non-hydrogen) atoms. The Morgan fingerprint density at radius 2 is 1.67 bits per heavy atom. The fourth-order valence-electron chi connectivity index (χ4n) is 3.93. The minimum Gasteiger partial charge on any atom is -0.383 e. The summed E-state index contributed by atoms with van der Waals surface area (Å²) in [6.45, 7) is -0.183. The molecule has 10 heteroatoms. The lowest BCUT2D eigenvalue weighted by Crippen LogP contribution is -2.35. The second-order valence-electron chi connectivity index (χ2n) is 8.77. The van der Waals surface area contributed by atoms with E-state index in [2.05, 4.69) is 44.9 Å². The molecule has 0 spiro atoms. The van der Waals surface area contributed by atoms with Crippen molar-refractivity contribution < 1.29 is 22.8 Å². The van der Waals surface area contributed by atoms with Crippen LogP contribution in [0.5, 0.6) is 0 Å². The summed E-state index contributed by atoms with van der Waals surface area (Å²) in [5.74, 6) is -1.14. The van der Waals surface area contributed by atoms with Crippen LogP contribution >= 0.6 is 0 Å². The van der Waals surface area contributed by atoms with Crippen molar-refractivity contribution in [1.82, 2.24) is 15.3 Å². The van der Waals surface area contributed by atoms with Gasteiger partial charge in [0.2, 0.25) is 0 Å². The quantitative estimate of drug-likeness (QED) is 0.464. The van der Waals surface area contributed by atoms with Crippen molar-refractivity contribution in [2.45, 2.75) is 50.7 Å². The number of nitrogens with one attached hydrogen (secondary N) is 2. The number of carbonyl (C=O) groups is 2. The summed E-state index contributed by atoms with van der Waals surface area (Å²) >= 11 is 0. The van der Waals surface area contributed by atoms with E-state index in [9.17, 15) is 22.8 Å². The van der Waals surface area contributed by atoms with Gasteiger partial charge < -0.3 is 16.4 Å². The van der Waals surface area contributed by atoms with E-state index in [0.717, 1.165) is 30.5 Å². The smallest absolute Gasteiger partial charge is 0.383 e. The second kappa shape index (κ2) is 10.8. The van der Waals surface area contributed by atoms with E-state index in [1.165, 1.54) is 25.5 Å². The number of benzene rings is 1. The van der Waals surface area contributed by atoms with Gasteiger partial charge in [-0.05, 0) is 72.9 Å². The molecule has 0 saturated heterocycles. The summed E-state index contributed by atoms with van der Waals surface area (Å²) < 4.78 is 37.4. The number of amides is 2. The van der Waals surface area contributed by atoms with Crippen LogP contribution < -0.4 is 16.4 Å². The van der Waals surface area contributed by atoms with Crippen molar-refractivity contribution in [2.24, 2.45) is 0 Å². The summed E-state index contributed by atoms with van der Waals surface area (Å²) in [5.41, 5.74) is 9.40. The van der Waals surface area contributed by atoms with E-state index < -0.39 is 23.6 Å². The number of aromatic nitrogens is 2. The summed E-state index contributed by atoms with van der Waals surface area (Å²) in [4.78, 5) is 31.4. The third kappa shape index (κ3) is 6.59. The van der Waals surface area contributed by atoms with Gasteiger partial charge in [-0.15, -0.1) is 0 Å². The fraction of sp³-hybridized carbons (Fsp3) is 0.308. The Labute approximate surface area is 206 Å². The van der Waals surface area contributed by atoms with Crippen LogP contribution in [0.1, 0.15) is 53.1 Å². The number of nitrogens with two attached hydrogens (primary N) is 1. The van der Waals surface area contributed by atoms with Crippen molar-refractivity contribution in [1.29, 1.82) is 0 Å². The van der Waals surface area contributed by atoms with Crippen LogP contribution in [-0.2, 0) is 35.2 Å². The van der Waals surface area contributed by atoms with Gasteiger partial charge in [0.15, 0.2) is 0 Å². The van der Waals surface area contributed by atoms with Gasteiger partial charge in [-0.2, -0.15) is 13.2 Å². The Hall–Kier alpha value is -3.95. The molecule has 0 bridgehead atoms. The molecular weight excluding hydrogens is 471 g/mol. The van der Waals surface area contributed by atoms with Gasteiger partial charge >= 0.3 is 18.0 Å². The van der Waals surface area contributed by atoms with Crippen LogP contribution in [-0.4, -0.2) is 21.8 Å². The maximum absolute atomic E-state index is 12.5. The normalized spacial score (nSPS) is 14.3. The first-order chi connectivity index (χ1) is 17.2. The van der Waals surface area contributed by atoms with Crippen LogP contribution in [0.15, 0.2) is 54.9 Å². The number of nitrogens with zero attached hydrogens (tertiary/aromatic N) is 2. The fourth-order valence-corrected chi connectivity index (χ4v) is 3.93. The highest BCUT2D eigenvalue weighted by Gasteiger charge is 2.30. The van der Waals surface area contributed by atoms with Gasteiger partial charge in [-0.3, -0.25) is 14.6 Å². The molecule has 2 aliphatic carbocycles. The number of hydrogen-bond acceptors (Lipinski definition) is 5. The zero-order valence-corrected chi connectivity index (χ0v) is 19.4. The van der Waals surface area contributed by atoms with Crippen molar-refractivity contribution in [3.63, 3.8) is 0 Å². The van der Waals surface area contributed by atoms with Crippen molar-refractivity contribution in [3.05, 3.63) is 82.8 Å². The molecule has 7 nitrogen and oxygen atoms in total. The lowest BCUT2D eigenvalue weighted by Gasteiger charge is -2.09. The number of alkyl halides is 3. The number of anilines is 2. The van der Waals surface area contributed by atoms with E-state index in [-0.39, 0.29) is 12.2 Å². The number of hydrogen-bond donors (Lipinski definition) is 3. The molecule has 1 fully saturated rings. The third-order valence-corrected chi connectivity index (χ3v) is 6.02. The van der Waals surface area contributed by atoms with E-state index in [1.54, 1.807) is 17.2 Å². The summed E-state index contributed by atoms with van der Waals surface area (Å²) in [5, 5.41) is 4.72. The highest BCUT2D eigenvalue weighted by atomic mass is 19.4. The van der Waals surface area contributed by atoms with Crippen molar-refractivity contribution in [2.75, 3.05) is 11.1 Å². The molecule has 3 aromatic rings. The first kappa shape index (κ1) is 25.2. The molecule has 2 heterocycles. The summed E-state index contributed by atoms with van der Waals surface area (Å²) in [7, 11) is 0. The number of halogens is 3. The number of aryl methyl sites for hydroxylation is 2. The van der Waals surface area contributed by atoms with Gasteiger partial charge in [0, 0.05) is 6.20 Å². The van der Waals surface area contributed by atoms with Crippen LogP contribution in [0.4, 0.5) is 24.7 Å². The zero-order chi connectivity index (χ0) is 25.7. The van der Waals surface area contributed by atoms with E-state index in [4.69, 9.17) is 5.73 Å². The zero-order valence-electron chi connectivity index (χ0n) is 19.4. The van der Waals surface area contributed by atoms with Gasteiger partial charge in [0.05, 0.1) is 29.7 Å². The number of rotatable bonds is 4. The average Bonchev–Trinajstić information content (AvgIpc) is 3.59. The second-order valence-corrected chi connectivity index (χ2v) is 8.77. The molecule has 0 aliphatic heterocycles. The largest absolute Gasteiger partial charge is 0.417 e. The molecule has 1 aromatic carbocycles. The predicted octanol–water partition coefficient (Wildman–Crippen LogP) is 4.39. The number of fused-ring (bicyclic) bond motifs is 1. The standard InChI is InChI=1S/C17H16F3N5O2.C9H10/c18-17(19,20)10-3-4-11(22-6-10)7-24-15(26)16(27)25-12-5-13(9-1-2-9)14(21)23-8-12;1-2-5-9-7-3-6-8(9)4-1/h3-6,8-9H,1-2,7H2,(H2,21,23)(H,24,26)(H,25,27);1-2,4-5H,3,6-7H2. The monoisotopic (exact) mass is 497 g/mol. The SMILES string of the molecule is Nc1ncc(NC(=O)C(=O)NCc2ccc(C(F)(F)F)cn2)cc1C1CC1.c1ccc2c(c1)CCC2. The number of nitrogen functional groups attached to an aromatic ring is 1. The molecule has 0 radical (unpaired) electrons. The Kier molecular flexibility index (Phi) is 7.52. The molecule has 1 saturated carbocycles. The van der Waals surface area contributed by atoms with Crippen molar-refractivity contribution in [3.8, 4) is 0 Å². The Balaban J connectivity index is 0.000000280. The highest BCUT2D eigenvalue weighted by Crippen LogP contribution is 2.42. The molecule has 2 aliphatic rings. The van der Waals surface area contributed by atoms with Gasteiger partial charge in [-0.1, -0.05) is 24.3 Å². The van der Waals surface area contributed by atoms with Crippen LogP contribution in [0, 0.1) is 0 Å². The first-order valence-corrected chi connectivity index (χ1v) is 11.6. The minimum absolute atomic E-state index is 0.183. The topological polar surface area (TPSA) is 110 Å². The molecule has 5 rings (SSSR count). The summed E-state index contributed by atoms with van der Waals surface area (Å²) in [6.07, 6.45) is 3.51. The lowest BCUT2D eigenvalue weighted by atomic mass is 10.1. The Morgan fingerprint density at radius 1 is 0.972 bits per heavy atom. The van der Waals surface area contributed by atoms with Gasteiger partial charge in [0.25, 0.3) is 0 Å². The Bertz CT molecular complexity index is 1220. The van der Waals surface area contributed by atoms with Gasteiger partial charge in [0.1, 0.15) is 5.82 Å². The van der Waals surface area contributed by atoms with E-state index >= 15 is 0 Å². The molecule has 2 aromatic heterocycles. The van der Waals surface area contributed by atoms with Gasteiger partial charge in [-0.25, -0.2) is 4.98 Å². The van der Waals surface area contributed by atoms with Crippen LogP contribution in [0.2, 0.25) is 0 Å². The lowest BCUT2D eigenvalue weighted by molar-refractivity contribution is -0.137.